The summed E-state index contributed by atoms with van der Waals surface area (Å²) in [6.45, 7) is 2.07. The van der Waals surface area contributed by atoms with Crippen molar-refractivity contribution in [3.05, 3.63) is 0 Å². The van der Waals surface area contributed by atoms with Gasteiger partial charge < -0.3 is 5.11 Å². The Morgan fingerprint density at radius 2 is 1.79 bits per heavy atom. The summed E-state index contributed by atoms with van der Waals surface area (Å²) >= 11 is 11.5. The van der Waals surface area contributed by atoms with Gasteiger partial charge in [0.25, 0.3) is 0 Å². The molecule has 0 aromatic carbocycles. The molecule has 2 unspecified atom stereocenters. The molecule has 0 fully saturated rings. The Morgan fingerprint density at radius 1 is 1.21 bits per heavy atom. The van der Waals surface area contributed by atoms with E-state index in [1.165, 1.54) is 0 Å². The maximum Gasteiger partial charge on any atom is 0.321 e. The Kier molecular flexibility index (Phi) is 8.40. The van der Waals surface area contributed by atoms with Crippen molar-refractivity contribution in [2.75, 3.05) is 0 Å². The highest BCUT2D eigenvalue weighted by Crippen LogP contribution is 2.14. The van der Waals surface area contributed by atoms with Crippen LogP contribution >= 0.6 is 23.2 Å². The van der Waals surface area contributed by atoms with E-state index in [-0.39, 0.29) is 5.38 Å². The van der Waals surface area contributed by atoms with Gasteiger partial charge in [0.1, 0.15) is 5.38 Å². The Morgan fingerprint density at radius 3 is 2.29 bits per heavy atom. The molecule has 2 nitrogen and oxygen atoms in total. The van der Waals surface area contributed by atoms with Crippen molar-refractivity contribution in [1.82, 2.24) is 0 Å². The number of hydrogen-bond acceptors (Lipinski definition) is 1. The molecule has 0 heterocycles. The Balaban J connectivity index is 3.25. The highest BCUT2D eigenvalue weighted by Gasteiger charge is 2.12. The van der Waals surface area contributed by atoms with Crippen molar-refractivity contribution in [2.24, 2.45) is 0 Å². The van der Waals surface area contributed by atoms with Gasteiger partial charge in [0.2, 0.25) is 0 Å². The van der Waals surface area contributed by atoms with Crippen LogP contribution in [0.1, 0.15) is 45.4 Å². The van der Waals surface area contributed by atoms with Gasteiger partial charge in [0.05, 0.1) is 0 Å². The number of carboxylic acids is 1. The van der Waals surface area contributed by atoms with Crippen LogP contribution in [-0.2, 0) is 4.79 Å². The van der Waals surface area contributed by atoms with Gasteiger partial charge in [-0.05, 0) is 19.3 Å². The number of halogens is 2. The summed E-state index contributed by atoms with van der Waals surface area (Å²) in [6.07, 6.45) is 5.50. The van der Waals surface area contributed by atoms with E-state index in [1.54, 1.807) is 0 Å². The minimum absolute atomic E-state index is 0.265. The largest absolute Gasteiger partial charge is 0.480 e. The van der Waals surface area contributed by atoms with E-state index in [9.17, 15) is 4.79 Å². The molecule has 0 aliphatic rings. The molecule has 0 rings (SSSR count). The molecule has 14 heavy (non-hydrogen) atoms. The topological polar surface area (TPSA) is 37.3 Å². The third kappa shape index (κ3) is 7.45. The monoisotopic (exact) mass is 240 g/mol. The first-order chi connectivity index (χ1) is 6.57. The van der Waals surface area contributed by atoms with Crippen LogP contribution in [0.5, 0.6) is 0 Å². The van der Waals surface area contributed by atoms with Crippen LogP contribution in [0.3, 0.4) is 0 Å². The maximum atomic E-state index is 10.4. The summed E-state index contributed by atoms with van der Waals surface area (Å²) < 4.78 is 0. The molecule has 4 heteroatoms. The second-order valence-electron chi connectivity index (χ2n) is 3.45. The summed E-state index contributed by atoms with van der Waals surface area (Å²) in [6, 6.07) is 0. The van der Waals surface area contributed by atoms with Gasteiger partial charge >= 0.3 is 5.97 Å². The first-order valence-corrected chi connectivity index (χ1v) is 5.96. The summed E-state index contributed by atoms with van der Waals surface area (Å²) in [5.74, 6) is -0.921. The van der Waals surface area contributed by atoms with Gasteiger partial charge in [0, 0.05) is 5.38 Å². The number of rotatable bonds is 8. The van der Waals surface area contributed by atoms with Crippen molar-refractivity contribution < 1.29 is 9.90 Å². The number of aliphatic carboxylic acids is 1. The van der Waals surface area contributed by atoms with Crippen LogP contribution in [0.15, 0.2) is 0 Å². The Hall–Kier alpha value is 0.0500. The van der Waals surface area contributed by atoms with E-state index in [4.69, 9.17) is 28.3 Å². The van der Waals surface area contributed by atoms with Crippen LogP contribution in [0, 0.1) is 0 Å². The van der Waals surface area contributed by atoms with Gasteiger partial charge in [-0.15, -0.1) is 23.2 Å². The third-order valence-corrected chi connectivity index (χ3v) is 3.12. The number of hydrogen-bond donors (Lipinski definition) is 1. The smallest absolute Gasteiger partial charge is 0.321 e. The summed E-state index contributed by atoms with van der Waals surface area (Å²) in [5.41, 5.74) is 0. The normalized spacial score (nSPS) is 15.1. The molecule has 0 bridgehead atoms. The highest BCUT2D eigenvalue weighted by molar-refractivity contribution is 6.29. The predicted molar refractivity (Wildman–Crippen MR) is 60.3 cm³/mol. The number of carboxylic acid groups (broad SMARTS) is 1. The molecule has 0 saturated carbocycles. The third-order valence-electron chi connectivity index (χ3n) is 2.19. The molecule has 84 valence electrons. The lowest BCUT2D eigenvalue weighted by Crippen LogP contribution is -2.12. The van der Waals surface area contributed by atoms with Gasteiger partial charge in [-0.1, -0.05) is 26.2 Å². The van der Waals surface area contributed by atoms with Gasteiger partial charge in [0.15, 0.2) is 0 Å². The Labute approximate surface area is 95.6 Å². The molecular weight excluding hydrogens is 223 g/mol. The molecular formula is C10H18Cl2O2. The lowest BCUT2D eigenvalue weighted by atomic mass is 10.1. The summed E-state index contributed by atoms with van der Waals surface area (Å²) in [7, 11) is 0. The summed E-state index contributed by atoms with van der Waals surface area (Å²) in [4.78, 5) is 10.4. The minimum atomic E-state index is -0.921. The quantitative estimate of drug-likeness (QED) is 0.520. The zero-order valence-electron chi connectivity index (χ0n) is 8.51. The minimum Gasteiger partial charge on any atom is -0.480 e. The standard InChI is InChI=1S/C10H18Cl2O2/c1-2-8(11)6-4-3-5-7-9(12)10(13)14/h8-9H,2-7H2,1H3,(H,13,14). The van der Waals surface area contributed by atoms with E-state index in [0.29, 0.717) is 6.42 Å². The molecule has 0 aliphatic heterocycles. The lowest BCUT2D eigenvalue weighted by molar-refractivity contribution is -0.136. The fourth-order valence-corrected chi connectivity index (χ4v) is 1.50. The fourth-order valence-electron chi connectivity index (χ4n) is 1.19. The lowest BCUT2D eigenvalue weighted by Gasteiger charge is -2.06. The van der Waals surface area contributed by atoms with Gasteiger partial charge in [-0.2, -0.15) is 0 Å². The first-order valence-electron chi connectivity index (χ1n) is 5.08. The molecule has 0 saturated heterocycles. The Bertz CT molecular complexity index is 162. The number of carbonyl (C=O) groups is 1. The van der Waals surface area contributed by atoms with Crippen molar-refractivity contribution in [1.29, 1.82) is 0 Å². The van der Waals surface area contributed by atoms with E-state index in [2.05, 4.69) is 6.92 Å². The van der Waals surface area contributed by atoms with Crippen molar-refractivity contribution >= 4 is 29.2 Å². The van der Waals surface area contributed by atoms with Gasteiger partial charge in [-0.3, -0.25) is 4.79 Å². The van der Waals surface area contributed by atoms with Crippen LogP contribution < -0.4 is 0 Å². The first kappa shape index (κ1) is 14.1. The van der Waals surface area contributed by atoms with E-state index < -0.39 is 11.3 Å². The SMILES string of the molecule is CCC(Cl)CCCCCC(Cl)C(=O)O. The van der Waals surface area contributed by atoms with E-state index in [1.807, 2.05) is 0 Å². The summed E-state index contributed by atoms with van der Waals surface area (Å²) in [5, 5.41) is 8.05. The average Bonchev–Trinajstić information content (AvgIpc) is 2.16. The average molecular weight is 241 g/mol. The van der Waals surface area contributed by atoms with E-state index >= 15 is 0 Å². The van der Waals surface area contributed by atoms with Crippen LogP contribution in [-0.4, -0.2) is 21.8 Å². The van der Waals surface area contributed by atoms with Crippen molar-refractivity contribution in [3.63, 3.8) is 0 Å². The van der Waals surface area contributed by atoms with Crippen molar-refractivity contribution in [3.8, 4) is 0 Å². The molecule has 0 radical (unpaired) electrons. The molecule has 0 aromatic rings. The highest BCUT2D eigenvalue weighted by atomic mass is 35.5. The van der Waals surface area contributed by atoms with Crippen molar-refractivity contribution in [2.45, 2.75) is 56.2 Å². The van der Waals surface area contributed by atoms with Crippen LogP contribution in [0.25, 0.3) is 0 Å². The van der Waals surface area contributed by atoms with Crippen LogP contribution in [0.2, 0.25) is 0 Å². The molecule has 2 atom stereocenters. The molecule has 1 N–H and O–H groups in total. The maximum absolute atomic E-state index is 10.4. The number of alkyl halides is 2. The van der Waals surface area contributed by atoms with Crippen LogP contribution in [0.4, 0.5) is 0 Å². The number of unbranched alkanes of at least 4 members (excludes halogenated alkanes) is 2. The predicted octanol–water partition coefficient (Wildman–Crippen LogP) is 3.65. The van der Waals surface area contributed by atoms with E-state index in [0.717, 1.165) is 32.1 Å². The second-order valence-corrected chi connectivity index (χ2v) is 4.59. The fraction of sp³-hybridized carbons (Fsp3) is 0.900. The van der Waals surface area contributed by atoms with Gasteiger partial charge in [-0.25, -0.2) is 0 Å². The molecule has 0 aliphatic carbocycles. The molecule has 0 aromatic heterocycles. The zero-order chi connectivity index (χ0) is 11.0. The molecule has 0 amide bonds. The zero-order valence-corrected chi connectivity index (χ0v) is 10.0. The second kappa shape index (κ2) is 8.37. The molecule has 0 spiro atoms.